The van der Waals surface area contributed by atoms with Crippen molar-refractivity contribution in [2.45, 2.75) is 19.2 Å². The molecule has 1 atom stereocenters. The summed E-state index contributed by atoms with van der Waals surface area (Å²) in [7, 11) is 0. The molecule has 110 valence electrons. The minimum absolute atomic E-state index is 0.136. The van der Waals surface area contributed by atoms with Gasteiger partial charge in [0.05, 0.1) is 5.56 Å². The zero-order valence-corrected chi connectivity index (χ0v) is 10.4. The molecule has 1 aromatic carbocycles. The predicted molar refractivity (Wildman–Crippen MR) is 61.7 cm³/mol. The van der Waals surface area contributed by atoms with Crippen LogP contribution < -0.4 is 10.5 Å². The predicted octanol–water partition coefficient (Wildman–Crippen LogP) is 1.50. The zero-order chi connectivity index (χ0) is 15.3. The smallest absolute Gasteiger partial charge is 0.416 e. The molecule has 20 heavy (non-hydrogen) atoms. The van der Waals surface area contributed by atoms with Gasteiger partial charge in [0.2, 0.25) is 0 Å². The Balaban J connectivity index is 2.58. The molecule has 0 heterocycles. The van der Waals surface area contributed by atoms with E-state index < -0.39 is 36.3 Å². The number of hydrogen-bond acceptors (Lipinski definition) is 4. The Bertz CT molecular complexity index is 502. The van der Waals surface area contributed by atoms with Crippen LogP contribution >= 0.6 is 0 Å². The van der Waals surface area contributed by atoms with Gasteiger partial charge in [-0.2, -0.15) is 13.2 Å². The summed E-state index contributed by atoms with van der Waals surface area (Å²) in [5.41, 5.74) is 3.98. The van der Waals surface area contributed by atoms with Crippen LogP contribution in [-0.4, -0.2) is 24.6 Å². The number of alkyl halides is 3. The van der Waals surface area contributed by atoms with Crippen LogP contribution in [0.25, 0.3) is 0 Å². The molecule has 0 unspecified atom stereocenters. The second kappa shape index (κ2) is 6.27. The molecule has 1 aromatic rings. The third-order valence-electron chi connectivity index (χ3n) is 2.23. The van der Waals surface area contributed by atoms with E-state index in [9.17, 15) is 22.8 Å². The molecule has 0 spiro atoms. The zero-order valence-electron chi connectivity index (χ0n) is 10.4. The highest BCUT2D eigenvalue weighted by Gasteiger charge is 2.30. The first-order valence-corrected chi connectivity index (χ1v) is 5.49. The lowest BCUT2D eigenvalue weighted by Crippen LogP contribution is -2.32. The van der Waals surface area contributed by atoms with Gasteiger partial charge >= 0.3 is 12.1 Å². The fraction of sp³-hybridized carbons (Fsp3) is 0.333. The molecule has 0 aliphatic carbocycles. The van der Waals surface area contributed by atoms with Crippen molar-refractivity contribution in [2.24, 2.45) is 5.73 Å². The molecule has 0 saturated carbocycles. The Morgan fingerprint density at radius 1 is 1.35 bits per heavy atom. The quantitative estimate of drug-likeness (QED) is 0.834. The highest BCUT2D eigenvalue weighted by molar-refractivity contribution is 5.82. The van der Waals surface area contributed by atoms with Crippen LogP contribution in [0.5, 0.6) is 5.75 Å². The van der Waals surface area contributed by atoms with Crippen LogP contribution in [-0.2, 0) is 20.5 Å². The molecule has 1 rings (SSSR count). The number of esters is 1. The second-order valence-corrected chi connectivity index (χ2v) is 3.85. The summed E-state index contributed by atoms with van der Waals surface area (Å²) in [6.07, 6.45) is -5.63. The van der Waals surface area contributed by atoms with Gasteiger partial charge in [0, 0.05) is 0 Å². The molecule has 8 heteroatoms. The Morgan fingerprint density at radius 2 is 2.00 bits per heavy atom. The van der Waals surface area contributed by atoms with Gasteiger partial charge < -0.3 is 15.2 Å². The van der Waals surface area contributed by atoms with Crippen molar-refractivity contribution in [3.05, 3.63) is 29.8 Å². The first kappa shape index (κ1) is 15.8. The highest BCUT2D eigenvalue weighted by atomic mass is 19.4. The van der Waals surface area contributed by atoms with Crippen molar-refractivity contribution >= 4 is 11.9 Å². The SMILES string of the molecule is C[C@H](OC(=O)COc1cccc(C(F)(F)F)c1)C(N)=O. The summed E-state index contributed by atoms with van der Waals surface area (Å²) in [6, 6.07) is 4.04. The lowest BCUT2D eigenvalue weighted by atomic mass is 10.2. The van der Waals surface area contributed by atoms with Crippen molar-refractivity contribution in [3.63, 3.8) is 0 Å². The Kier molecular flexibility index (Phi) is 4.95. The molecule has 0 aliphatic heterocycles. The van der Waals surface area contributed by atoms with Crippen LogP contribution in [0.4, 0.5) is 13.2 Å². The average Bonchev–Trinajstić information content (AvgIpc) is 2.35. The number of ether oxygens (including phenoxy) is 2. The largest absolute Gasteiger partial charge is 0.482 e. The molecule has 0 saturated heterocycles. The number of nitrogens with two attached hydrogens (primary N) is 1. The Hall–Kier alpha value is -2.25. The van der Waals surface area contributed by atoms with E-state index in [0.717, 1.165) is 18.2 Å². The van der Waals surface area contributed by atoms with Gasteiger partial charge in [-0.25, -0.2) is 4.79 Å². The van der Waals surface area contributed by atoms with E-state index in [4.69, 9.17) is 10.5 Å². The fourth-order valence-corrected chi connectivity index (χ4v) is 1.19. The van der Waals surface area contributed by atoms with Gasteiger partial charge in [0.1, 0.15) is 5.75 Å². The van der Waals surface area contributed by atoms with Crippen molar-refractivity contribution < 1.29 is 32.2 Å². The van der Waals surface area contributed by atoms with Crippen LogP contribution in [0, 0.1) is 0 Å². The summed E-state index contributed by atoms with van der Waals surface area (Å²) in [5, 5.41) is 0. The van der Waals surface area contributed by atoms with Crippen LogP contribution in [0.1, 0.15) is 12.5 Å². The van der Waals surface area contributed by atoms with E-state index in [1.807, 2.05) is 0 Å². The number of carbonyl (C=O) groups excluding carboxylic acids is 2. The summed E-state index contributed by atoms with van der Waals surface area (Å²) < 4.78 is 46.7. The van der Waals surface area contributed by atoms with Gasteiger partial charge in [-0.3, -0.25) is 4.79 Å². The van der Waals surface area contributed by atoms with Crippen LogP contribution in [0.3, 0.4) is 0 Å². The number of benzene rings is 1. The van der Waals surface area contributed by atoms with E-state index in [0.29, 0.717) is 0 Å². The van der Waals surface area contributed by atoms with Crippen LogP contribution in [0.15, 0.2) is 24.3 Å². The number of halogens is 3. The molecule has 0 aliphatic rings. The van der Waals surface area contributed by atoms with E-state index >= 15 is 0 Å². The lowest BCUT2D eigenvalue weighted by Gasteiger charge is -2.11. The summed E-state index contributed by atoms with van der Waals surface area (Å²) in [4.78, 5) is 21.9. The van der Waals surface area contributed by atoms with E-state index in [2.05, 4.69) is 4.74 Å². The van der Waals surface area contributed by atoms with Gasteiger partial charge in [0.15, 0.2) is 12.7 Å². The Labute approximate surface area is 112 Å². The fourth-order valence-electron chi connectivity index (χ4n) is 1.19. The third kappa shape index (κ3) is 4.79. The number of amides is 1. The lowest BCUT2D eigenvalue weighted by molar-refractivity contribution is -0.155. The standard InChI is InChI=1S/C12H12F3NO4/c1-7(11(16)18)20-10(17)6-19-9-4-2-3-8(5-9)12(13,14)15/h2-5,7H,6H2,1H3,(H2,16,18)/t7-/m0/s1. The molecule has 0 aromatic heterocycles. The molecule has 0 bridgehead atoms. The minimum atomic E-state index is -4.50. The topological polar surface area (TPSA) is 78.6 Å². The van der Waals surface area contributed by atoms with Crippen LogP contribution in [0.2, 0.25) is 0 Å². The second-order valence-electron chi connectivity index (χ2n) is 3.85. The molecule has 0 radical (unpaired) electrons. The van der Waals surface area contributed by atoms with E-state index in [1.165, 1.54) is 13.0 Å². The normalized spacial score (nSPS) is 12.6. The van der Waals surface area contributed by atoms with Gasteiger partial charge in [-0.1, -0.05) is 6.07 Å². The third-order valence-corrected chi connectivity index (χ3v) is 2.23. The number of carbonyl (C=O) groups is 2. The van der Waals surface area contributed by atoms with E-state index in [1.54, 1.807) is 0 Å². The maximum Gasteiger partial charge on any atom is 0.416 e. The summed E-state index contributed by atoms with van der Waals surface area (Å²) in [6.45, 7) is 0.642. The number of primary amides is 1. The molecular weight excluding hydrogens is 279 g/mol. The average molecular weight is 291 g/mol. The molecule has 0 fully saturated rings. The van der Waals surface area contributed by atoms with Crippen molar-refractivity contribution in [1.29, 1.82) is 0 Å². The maximum absolute atomic E-state index is 12.4. The van der Waals surface area contributed by atoms with Crippen molar-refractivity contribution in [1.82, 2.24) is 0 Å². The number of hydrogen-bond donors (Lipinski definition) is 1. The maximum atomic E-state index is 12.4. The summed E-state index contributed by atoms with van der Waals surface area (Å²) in [5.74, 6) is -1.88. The Morgan fingerprint density at radius 3 is 2.55 bits per heavy atom. The molecule has 2 N–H and O–H groups in total. The van der Waals surface area contributed by atoms with E-state index in [-0.39, 0.29) is 5.75 Å². The first-order valence-electron chi connectivity index (χ1n) is 5.49. The molecule has 1 amide bonds. The van der Waals surface area contributed by atoms with Crippen molar-refractivity contribution in [3.8, 4) is 5.75 Å². The summed E-state index contributed by atoms with van der Waals surface area (Å²) >= 11 is 0. The highest BCUT2D eigenvalue weighted by Crippen LogP contribution is 2.31. The first-order chi connectivity index (χ1) is 9.20. The van der Waals surface area contributed by atoms with Crippen molar-refractivity contribution in [2.75, 3.05) is 6.61 Å². The van der Waals surface area contributed by atoms with Gasteiger partial charge in [-0.15, -0.1) is 0 Å². The van der Waals surface area contributed by atoms with Gasteiger partial charge in [0.25, 0.3) is 5.91 Å². The molecular formula is C12H12F3NO4. The minimum Gasteiger partial charge on any atom is -0.482 e. The molecule has 5 nitrogen and oxygen atoms in total. The monoisotopic (exact) mass is 291 g/mol. The van der Waals surface area contributed by atoms with Gasteiger partial charge in [-0.05, 0) is 25.1 Å². The number of rotatable bonds is 5.